The number of nitrogens with zero attached hydrogens (tertiary/aromatic N) is 2. The molecule has 4 aliphatic rings. The Labute approximate surface area is 165 Å². The first-order valence-electron chi connectivity index (χ1n) is 8.90. The number of hydrogen-bond donors (Lipinski definition) is 0. The molecule has 2 nitrogen and oxygen atoms in total. The number of hydrogen-bond acceptors (Lipinski definition) is 6. The molecule has 4 fully saturated rings. The molecule has 0 aromatic heterocycles. The molecule has 0 spiro atoms. The van der Waals surface area contributed by atoms with Gasteiger partial charge in [0.25, 0.3) is 0 Å². The zero-order chi connectivity index (χ0) is 17.2. The van der Waals surface area contributed by atoms with Gasteiger partial charge in [0, 0.05) is 21.0 Å². The van der Waals surface area contributed by atoms with Crippen molar-refractivity contribution in [1.29, 1.82) is 0 Å². The van der Waals surface area contributed by atoms with E-state index in [0.717, 1.165) is 23.3 Å². The lowest BCUT2D eigenvalue weighted by Gasteiger charge is -2.62. The fraction of sp³-hybridized carbons (Fsp3) is 0.889. The molecule has 0 amide bonds. The molecule has 0 aromatic carbocycles. The second-order valence-corrected chi connectivity index (χ2v) is 11.4. The molecule has 2 atom stereocenters. The summed E-state index contributed by atoms with van der Waals surface area (Å²) in [5.41, 5.74) is 0. The highest BCUT2D eigenvalue weighted by atomic mass is 32.2. The zero-order valence-electron chi connectivity index (χ0n) is 14.5. The van der Waals surface area contributed by atoms with Crippen molar-refractivity contribution in [2.24, 2.45) is 21.8 Å². The average molecular weight is 399 g/mol. The van der Waals surface area contributed by atoms with Gasteiger partial charge in [-0.2, -0.15) is 23.5 Å². The highest BCUT2D eigenvalue weighted by Crippen LogP contribution is 2.66. The van der Waals surface area contributed by atoms with Crippen molar-refractivity contribution in [2.75, 3.05) is 11.5 Å². The Bertz CT molecular complexity index is 505. The second kappa shape index (κ2) is 7.90. The van der Waals surface area contributed by atoms with Crippen molar-refractivity contribution in [3.05, 3.63) is 0 Å². The lowest BCUT2D eigenvalue weighted by atomic mass is 9.55. The summed E-state index contributed by atoms with van der Waals surface area (Å²) in [6.07, 6.45) is 8.49. The smallest absolute Gasteiger partial charge is 0.0665 e. The van der Waals surface area contributed by atoms with Gasteiger partial charge in [-0.05, 0) is 88.6 Å². The van der Waals surface area contributed by atoms with Crippen LogP contribution < -0.4 is 0 Å². The van der Waals surface area contributed by atoms with Gasteiger partial charge >= 0.3 is 0 Å². The van der Waals surface area contributed by atoms with Gasteiger partial charge in [0.15, 0.2) is 0 Å². The third kappa shape index (κ3) is 4.34. The number of rotatable bonds is 8. The van der Waals surface area contributed by atoms with E-state index in [4.69, 9.17) is 24.4 Å². The summed E-state index contributed by atoms with van der Waals surface area (Å²) in [6, 6.07) is 0.585. The van der Waals surface area contributed by atoms with E-state index in [1.165, 1.54) is 38.5 Å². The normalized spacial score (nSPS) is 38.9. The molecule has 0 N–H and O–H groups in total. The van der Waals surface area contributed by atoms with Crippen LogP contribution in [0.15, 0.2) is 9.98 Å². The molecule has 0 heterocycles. The molecule has 0 aromatic rings. The van der Waals surface area contributed by atoms with Crippen LogP contribution in [0.5, 0.6) is 0 Å². The van der Waals surface area contributed by atoms with E-state index in [0.29, 0.717) is 21.6 Å². The van der Waals surface area contributed by atoms with Crippen LogP contribution in [0, 0.1) is 11.8 Å². The van der Waals surface area contributed by atoms with Crippen molar-refractivity contribution < 1.29 is 0 Å². The number of isothiocyanates is 2. The number of thioether (sulfide) groups is 2. The van der Waals surface area contributed by atoms with E-state index in [1.807, 2.05) is 0 Å². The number of aliphatic imine (C=N–C) groups is 2. The fourth-order valence-electron chi connectivity index (χ4n) is 5.28. The minimum atomic E-state index is 0.293. The van der Waals surface area contributed by atoms with Gasteiger partial charge in [-0.3, -0.25) is 0 Å². The zero-order valence-corrected chi connectivity index (χ0v) is 17.8. The van der Waals surface area contributed by atoms with Gasteiger partial charge < -0.3 is 0 Å². The van der Waals surface area contributed by atoms with Gasteiger partial charge in [-0.1, -0.05) is 0 Å². The second-order valence-electron chi connectivity index (χ2n) is 8.09. The number of thiocarbonyl (C=S) groups is 2. The summed E-state index contributed by atoms with van der Waals surface area (Å²) in [5.74, 6) is 4.02. The maximum absolute atomic E-state index is 4.76. The van der Waals surface area contributed by atoms with Gasteiger partial charge in [-0.25, -0.2) is 9.98 Å². The van der Waals surface area contributed by atoms with Crippen LogP contribution >= 0.6 is 48.0 Å². The van der Waals surface area contributed by atoms with Gasteiger partial charge in [0.05, 0.1) is 22.4 Å². The molecule has 0 saturated heterocycles. The molecule has 6 heteroatoms. The molecule has 4 bridgehead atoms. The standard InChI is InChI=1S/C18H26N2S4/c1-13(19-11-21)8-23-17-4-15-3-16(5-17)7-18(6-15,10-17)24-9-14(2)20-12-22/h13-16H,3-10H2,1-2H3. The van der Waals surface area contributed by atoms with Crippen molar-refractivity contribution in [1.82, 2.24) is 0 Å². The Hall–Kier alpha value is 0.300. The minimum Gasteiger partial charge on any atom is -0.229 e. The summed E-state index contributed by atoms with van der Waals surface area (Å²) in [4.78, 5) is 8.50. The molecular formula is C18H26N2S4. The summed E-state index contributed by atoms with van der Waals surface area (Å²) >= 11 is 13.9. The van der Waals surface area contributed by atoms with Crippen LogP contribution in [0.4, 0.5) is 0 Å². The molecule has 4 saturated carbocycles. The van der Waals surface area contributed by atoms with Gasteiger partial charge in [-0.15, -0.1) is 0 Å². The molecule has 24 heavy (non-hydrogen) atoms. The van der Waals surface area contributed by atoms with Crippen molar-refractivity contribution >= 4 is 58.3 Å². The Morgan fingerprint density at radius 1 is 0.917 bits per heavy atom. The SMILES string of the molecule is CC(CSC12CC3CC(C1)CC(SCC(C)N=C=S)(C3)C2)N=C=S. The van der Waals surface area contributed by atoms with E-state index in [-0.39, 0.29) is 0 Å². The molecular weight excluding hydrogens is 372 g/mol. The topological polar surface area (TPSA) is 24.7 Å². The first-order valence-corrected chi connectivity index (χ1v) is 11.7. The highest BCUT2D eigenvalue weighted by molar-refractivity contribution is 8.01. The molecule has 4 aliphatic carbocycles. The monoisotopic (exact) mass is 398 g/mol. The maximum Gasteiger partial charge on any atom is 0.0665 e. The largest absolute Gasteiger partial charge is 0.229 e. The molecule has 132 valence electrons. The van der Waals surface area contributed by atoms with Gasteiger partial charge in [0.2, 0.25) is 0 Å². The van der Waals surface area contributed by atoms with Crippen molar-refractivity contribution in [2.45, 2.75) is 74.0 Å². The summed E-state index contributed by atoms with van der Waals surface area (Å²) in [6.45, 7) is 4.31. The lowest BCUT2D eigenvalue weighted by Crippen LogP contribution is -2.56. The highest BCUT2D eigenvalue weighted by Gasteiger charge is 2.58. The molecule has 0 aliphatic heterocycles. The Morgan fingerprint density at radius 2 is 1.33 bits per heavy atom. The van der Waals surface area contributed by atoms with E-state index >= 15 is 0 Å². The summed E-state index contributed by atoms with van der Waals surface area (Å²) in [7, 11) is 0. The third-order valence-electron chi connectivity index (χ3n) is 5.76. The summed E-state index contributed by atoms with van der Waals surface area (Å²) in [5, 5.41) is 5.09. The van der Waals surface area contributed by atoms with E-state index < -0.39 is 0 Å². The summed E-state index contributed by atoms with van der Waals surface area (Å²) < 4.78 is 0.970. The fourth-order valence-corrected chi connectivity index (χ4v) is 9.24. The first-order chi connectivity index (χ1) is 11.5. The van der Waals surface area contributed by atoms with E-state index in [9.17, 15) is 0 Å². The Morgan fingerprint density at radius 3 is 1.71 bits per heavy atom. The van der Waals surface area contributed by atoms with Crippen LogP contribution in [0.3, 0.4) is 0 Å². The minimum absolute atomic E-state index is 0.293. The van der Waals surface area contributed by atoms with Crippen LogP contribution in [-0.2, 0) is 0 Å². The quantitative estimate of drug-likeness (QED) is 0.396. The third-order valence-corrected chi connectivity index (χ3v) is 9.45. The van der Waals surface area contributed by atoms with Crippen LogP contribution in [-0.4, -0.2) is 43.4 Å². The van der Waals surface area contributed by atoms with Crippen molar-refractivity contribution in [3.63, 3.8) is 0 Å². The van der Waals surface area contributed by atoms with Gasteiger partial charge in [0.1, 0.15) is 0 Å². The van der Waals surface area contributed by atoms with E-state index in [1.54, 1.807) is 0 Å². The molecule has 0 radical (unpaired) electrons. The van der Waals surface area contributed by atoms with Crippen LogP contribution in [0.2, 0.25) is 0 Å². The Kier molecular flexibility index (Phi) is 6.28. The average Bonchev–Trinajstić information content (AvgIpc) is 2.51. The molecule has 4 rings (SSSR count). The Balaban J connectivity index is 1.67. The molecule has 2 unspecified atom stereocenters. The van der Waals surface area contributed by atoms with Crippen LogP contribution in [0.25, 0.3) is 0 Å². The van der Waals surface area contributed by atoms with Crippen molar-refractivity contribution in [3.8, 4) is 0 Å². The maximum atomic E-state index is 4.76. The van der Waals surface area contributed by atoms with E-state index in [2.05, 4.69) is 57.7 Å². The predicted octanol–water partition coefficient (Wildman–Crippen LogP) is 5.53. The van der Waals surface area contributed by atoms with Crippen LogP contribution in [0.1, 0.15) is 52.4 Å². The first kappa shape index (κ1) is 19.1. The lowest BCUT2D eigenvalue weighted by molar-refractivity contribution is 0.0574. The predicted molar refractivity (Wildman–Crippen MR) is 114 cm³/mol.